The lowest BCUT2D eigenvalue weighted by molar-refractivity contribution is 0.392. The number of hydrogen-bond donors (Lipinski definition) is 0. The van der Waals surface area contributed by atoms with Gasteiger partial charge in [0.2, 0.25) is 0 Å². The number of benzene rings is 2. The summed E-state index contributed by atoms with van der Waals surface area (Å²) in [6, 6.07) is 11.0. The third-order valence-corrected chi connectivity index (χ3v) is 7.17. The van der Waals surface area contributed by atoms with Gasteiger partial charge in [-0.1, -0.05) is 6.07 Å². The van der Waals surface area contributed by atoms with Crippen LogP contribution in [0.5, 0.6) is 11.5 Å². The average molecular weight is 388 g/mol. The van der Waals surface area contributed by atoms with Gasteiger partial charge in [0.15, 0.2) is 0 Å². The van der Waals surface area contributed by atoms with E-state index in [-0.39, 0.29) is 4.90 Å². The van der Waals surface area contributed by atoms with Crippen LogP contribution in [0.25, 0.3) is 0 Å². The predicted octanol–water partition coefficient (Wildman–Crippen LogP) is 3.06. The molecule has 6 nitrogen and oxygen atoms in total. The molecule has 0 unspecified atom stereocenters. The minimum Gasteiger partial charge on any atom is -0.497 e. The first-order chi connectivity index (χ1) is 13.0. The monoisotopic (exact) mass is 388 g/mol. The highest BCUT2D eigenvalue weighted by molar-refractivity contribution is 7.93. The molecule has 0 atom stereocenters. The summed E-state index contributed by atoms with van der Waals surface area (Å²) in [4.78, 5) is 2.44. The molecular formula is C20H24N2O4S. The normalized spacial score (nSPS) is 16.5. The molecule has 2 aromatic carbocycles. The smallest absolute Gasteiger partial charge is 0.268 e. The van der Waals surface area contributed by atoms with Gasteiger partial charge >= 0.3 is 0 Å². The van der Waals surface area contributed by atoms with Crippen molar-refractivity contribution >= 4 is 21.4 Å². The van der Waals surface area contributed by atoms with Gasteiger partial charge in [0.1, 0.15) is 16.4 Å². The molecule has 0 spiro atoms. The molecule has 0 aliphatic carbocycles. The largest absolute Gasteiger partial charge is 0.497 e. The van der Waals surface area contributed by atoms with Crippen molar-refractivity contribution in [3.63, 3.8) is 0 Å². The highest BCUT2D eigenvalue weighted by Crippen LogP contribution is 2.39. The first kappa shape index (κ1) is 18.0. The lowest BCUT2D eigenvalue weighted by atomic mass is 10.1. The van der Waals surface area contributed by atoms with E-state index in [1.165, 1.54) is 37.4 Å². The molecule has 2 aliphatic heterocycles. The molecule has 0 aromatic heterocycles. The maximum atomic E-state index is 13.5. The van der Waals surface area contributed by atoms with Crippen molar-refractivity contribution in [3.05, 3.63) is 42.0 Å². The van der Waals surface area contributed by atoms with Crippen molar-refractivity contribution in [2.45, 2.75) is 24.2 Å². The van der Waals surface area contributed by atoms with Gasteiger partial charge in [-0.3, -0.25) is 4.31 Å². The number of rotatable bonds is 5. The van der Waals surface area contributed by atoms with Crippen LogP contribution in [0.15, 0.2) is 41.3 Å². The third kappa shape index (κ3) is 3.10. The Morgan fingerprint density at radius 1 is 0.926 bits per heavy atom. The average Bonchev–Trinajstić information content (AvgIpc) is 3.36. The van der Waals surface area contributed by atoms with E-state index in [0.717, 1.165) is 30.0 Å². The van der Waals surface area contributed by atoms with E-state index in [1.807, 2.05) is 6.07 Å². The molecule has 144 valence electrons. The number of fused-ring (bicyclic) bond motifs is 1. The molecule has 0 amide bonds. The standard InChI is InChI=1S/C20H24N2O4S/c1-25-17-7-8-19(26-2)20(14-17)27(23,24)22-12-9-15-5-6-16(13-18(15)22)21-10-3-4-11-21/h5-8,13-14H,3-4,9-12H2,1-2H3. The van der Waals surface area contributed by atoms with Gasteiger partial charge in [0.25, 0.3) is 10.0 Å². The topological polar surface area (TPSA) is 59.1 Å². The van der Waals surface area contributed by atoms with E-state index in [1.54, 1.807) is 12.1 Å². The number of ether oxygens (including phenoxy) is 2. The fraction of sp³-hybridized carbons (Fsp3) is 0.400. The van der Waals surface area contributed by atoms with Crippen molar-refractivity contribution in [1.29, 1.82) is 0 Å². The minimum absolute atomic E-state index is 0.128. The molecular weight excluding hydrogens is 364 g/mol. The van der Waals surface area contributed by atoms with Gasteiger partial charge in [-0.25, -0.2) is 8.42 Å². The fourth-order valence-electron chi connectivity index (χ4n) is 3.86. The molecule has 1 saturated heterocycles. The number of sulfonamides is 1. The second-order valence-corrected chi connectivity index (χ2v) is 8.68. The molecule has 0 N–H and O–H groups in total. The number of hydrogen-bond acceptors (Lipinski definition) is 5. The van der Waals surface area contributed by atoms with Crippen LogP contribution in [-0.2, 0) is 16.4 Å². The van der Waals surface area contributed by atoms with E-state index < -0.39 is 10.0 Å². The van der Waals surface area contributed by atoms with Crippen molar-refractivity contribution in [3.8, 4) is 11.5 Å². The molecule has 1 fully saturated rings. The molecule has 0 saturated carbocycles. The summed E-state index contributed by atoms with van der Waals surface area (Å²) in [6.45, 7) is 2.48. The lowest BCUT2D eigenvalue weighted by Gasteiger charge is -2.23. The summed E-state index contributed by atoms with van der Waals surface area (Å²) < 4.78 is 38.9. The summed E-state index contributed by atoms with van der Waals surface area (Å²) in [5.74, 6) is 0.805. The van der Waals surface area contributed by atoms with Gasteiger partial charge < -0.3 is 14.4 Å². The highest BCUT2D eigenvalue weighted by atomic mass is 32.2. The summed E-state index contributed by atoms with van der Waals surface area (Å²) >= 11 is 0. The Bertz CT molecular complexity index is 952. The molecule has 4 rings (SSSR count). The van der Waals surface area contributed by atoms with Gasteiger partial charge in [-0.2, -0.15) is 0 Å². The SMILES string of the molecule is COc1ccc(OC)c(S(=O)(=O)N2CCc3ccc(N4CCCC4)cc32)c1. The van der Waals surface area contributed by atoms with E-state index in [9.17, 15) is 8.42 Å². The first-order valence-electron chi connectivity index (χ1n) is 9.17. The van der Waals surface area contributed by atoms with E-state index in [2.05, 4.69) is 17.0 Å². The maximum absolute atomic E-state index is 13.5. The van der Waals surface area contributed by atoms with E-state index >= 15 is 0 Å². The Balaban J connectivity index is 1.76. The molecule has 0 radical (unpaired) electrons. The molecule has 0 bridgehead atoms. The van der Waals surface area contributed by atoms with Crippen LogP contribution >= 0.6 is 0 Å². The number of nitrogens with zero attached hydrogens (tertiary/aromatic N) is 2. The lowest BCUT2D eigenvalue weighted by Crippen LogP contribution is -2.29. The van der Waals surface area contributed by atoms with Gasteiger partial charge in [0.05, 0.1) is 19.9 Å². The van der Waals surface area contributed by atoms with Crippen LogP contribution in [0.4, 0.5) is 11.4 Å². The van der Waals surface area contributed by atoms with Crippen LogP contribution < -0.4 is 18.7 Å². The zero-order valence-electron chi connectivity index (χ0n) is 15.6. The number of methoxy groups -OCH3 is 2. The Morgan fingerprint density at radius 3 is 2.41 bits per heavy atom. The van der Waals surface area contributed by atoms with E-state index in [4.69, 9.17) is 9.47 Å². The Kier molecular flexibility index (Phi) is 4.63. The highest BCUT2D eigenvalue weighted by Gasteiger charge is 2.34. The summed E-state index contributed by atoms with van der Waals surface area (Å²) in [5.41, 5.74) is 2.92. The molecule has 27 heavy (non-hydrogen) atoms. The zero-order chi connectivity index (χ0) is 19.0. The molecule has 2 heterocycles. The summed E-state index contributed by atoms with van der Waals surface area (Å²) in [6.07, 6.45) is 3.07. The second-order valence-electron chi connectivity index (χ2n) is 6.85. The van der Waals surface area contributed by atoms with Crippen molar-refractivity contribution < 1.29 is 17.9 Å². The Labute approximate surface area is 160 Å². The van der Waals surface area contributed by atoms with Crippen molar-refractivity contribution in [1.82, 2.24) is 0 Å². The van der Waals surface area contributed by atoms with Gasteiger partial charge in [-0.05, 0) is 49.1 Å². The summed E-state index contributed by atoms with van der Waals surface area (Å²) in [7, 11) is -0.762. The van der Waals surface area contributed by atoms with Crippen molar-refractivity contribution in [2.75, 3.05) is 43.1 Å². The zero-order valence-corrected chi connectivity index (χ0v) is 16.5. The second kappa shape index (κ2) is 6.96. The van der Waals surface area contributed by atoms with Gasteiger partial charge in [-0.15, -0.1) is 0 Å². The maximum Gasteiger partial charge on any atom is 0.268 e. The fourth-order valence-corrected chi connectivity index (χ4v) is 5.53. The third-order valence-electron chi connectivity index (χ3n) is 5.33. The van der Waals surface area contributed by atoms with Gasteiger partial charge in [0, 0.05) is 31.4 Å². The Hall–Kier alpha value is -2.41. The minimum atomic E-state index is -3.76. The quantitative estimate of drug-likeness (QED) is 0.788. The first-order valence-corrected chi connectivity index (χ1v) is 10.6. The Morgan fingerprint density at radius 2 is 1.70 bits per heavy atom. The predicted molar refractivity (Wildman–Crippen MR) is 106 cm³/mol. The molecule has 2 aromatic rings. The van der Waals surface area contributed by atoms with Crippen molar-refractivity contribution in [2.24, 2.45) is 0 Å². The van der Waals surface area contributed by atoms with Crippen LogP contribution in [-0.4, -0.2) is 42.3 Å². The van der Waals surface area contributed by atoms with Crippen LogP contribution in [0.1, 0.15) is 18.4 Å². The van der Waals surface area contributed by atoms with Crippen LogP contribution in [0, 0.1) is 0 Å². The molecule has 2 aliphatic rings. The van der Waals surface area contributed by atoms with E-state index in [0.29, 0.717) is 24.5 Å². The number of anilines is 2. The van der Waals surface area contributed by atoms with Crippen LogP contribution in [0.3, 0.4) is 0 Å². The van der Waals surface area contributed by atoms with Crippen LogP contribution in [0.2, 0.25) is 0 Å². The molecule has 7 heteroatoms. The summed E-state index contributed by atoms with van der Waals surface area (Å²) in [5, 5.41) is 0.